The lowest BCUT2D eigenvalue weighted by molar-refractivity contribution is 0.343. The van der Waals surface area contributed by atoms with Crippen molar-refractivity contribution in [2.75, 3.05) is 45.9 Å². The second-order valence-corrected chi connectivity index (χ2v) is 6.98. The van der Waals surface area contributed by atoms with Gasteiger partial charge in [0.15, 0.2) is 5.96 Å². The summed E-state index contributed by atoms with van der Waals surface area (Å²) in [5.41, 5.74) is 2.71. The first-order valence-electron chi connectivity index (χ1n) is 9.77. The highest BCUT2D eigenvalue weighted by molar-refractivity contribution is 5.79. The van der Waals surface area contributed by atoms with Crippen LogP contribution in [0.15, 0.2) is 23.2 Å². The van der Waals surface area contributed by atoms with Gasteiger partial charge in [-0.2, -0.15) is 0 Å². The van der Waals surface area contributed by atoms with Crippen LogP contribution in [0.2, 0.25) is 0 Å². The summed E-state index contributed by atoms with van der Waals surface area (Å²) in [5.74, 6) is 2.71. The number of likely N-dealkylation sites (tertiary alicyclic amines) is 1. The molecule has 25 heavy (non-hydrogen) atoms. The van der Waals surface area contributed by atoms with Gasteiger partial charge in [0, 0.05) is 32.6 Å². The Morgan fingerprint density at radius 2 is 2.24 bits per heavy atom. The number of hydrogen-bond acceptors (Lipinski definition) is 3. The maximum absolute atomic E-state index is 5.58. The molecule has 1 unspecified atom stereocenters. The summed E-state index contributed by atoms with van der Waals surface area (Å²) in [6.45, 7) is 11.5. The molecule has 2 heterocycles. The van der Waals surface area contributed by atoms with Crippen LogP contribution >= 0.6 is 0 Å². The molecule has 0 aromatic heterocycles. The van der Waals surface area contributed by atoms with Crippen molar-refractivity contribution in [2.45, 2.75) is 33.1 Å². The highest BCUT2D eigenvalue weighted by Crippen LogP contribution is 2.25. The molecule has 138 valence electrons. The van der Waals surface area contributed by atoms with Crippen LogP contribution < -0.4 is 15.4 Å². The molecule has 5 nitrogen and oxygen atoms in total. The molecule has 2 N–H and O–H groups in total. The highest BCUT2D eigenvalue weighted by atomic mass is 16.5. The molecule has 2 aliphatic heterocycles. The van der Waals surface area contributed by atoms with Crippen molar-refractivity contribution >= 4 is 5.96 Å². The first-order valence-corrected chi connectivity index (χ1v) is 9.77. The fourth-order valence-corrected chi connectivity index (χ4v) is 3.63. The van der Waals surface area contributed by atoms with Crippen molar-refractivity contribution in [2.24, 2.45) is 10.9 Å². The van der Waals surface area contributed by atoms with Gasteiger partial charge in [-0.3, -0.25) is 4.99 Å². The second-order valence-electron chi connectivity index (χ2n) is 6.98. The molecule has 0 bridgehead atoms. The van der Waals surface area contributed by atoms with Crippen LogP contribution in [-0.4, -0.2) is 56.7 Å². The topological polar surface area (TPSA) is 48.9 Å². The number of rotatable bonds is 7. The third-order valence-electron chi connectivity index (χ3n) is 5.13. The fraction of sp³-hybridized carbons (Fsp3) is 0.650. The van der Waals surface area contributed by atoms with Gasteiger partial charge in [-0.05, 0) is 56.0 Å². The number of hydrogen-bond donors (Lipinski definition) is 2. The smallest absolute Gasteiger partial charge is 0.191 e. The molecule has 1 atom stereocenters. The Balaban J connectivity index is 1.46. The van der Waals surface area contributed by atoms with E-state index in [1.807, 2.05) is 0 Å². The minimum atomic E-state index is 0.701. The second kappa shape index (κ2) is 9.09. The van der Waals surface area contributed by atoms with Gasteiger partial charge in [0.1, 0.15) is 5.75 Å². The van der Waals surface area contributed by atoms with Crippen LogP contribution in [0.4, 0.5) is 0 Å². The third-order valence-corrected chi connectivity index (χ3v) is 5.13. The molecule has 3 rings (SSSR count). The van der Waals surface area contributed by atoms with Crippen molar-refractivity contribution in [3.63, 3.8) is 0 Å². The summed E-state index contributed by atoms with van der Waals surface area (Å²) >= 11 is 0. The number of guanidine groups is 1. The van der Waals surface area contributed by atoms with Crippen LogP contribution in [0.3, 0.4) is 0 Å². The monoisotopic (exact) mass is 344 g/mol. The molecule has 0 saturated carbocycles. The summed E-state index contributed by atoms with van der Waals surface area (Å²) in [6.07, 6.45) is 3.32. The molecule has 2 aliphatic rings. The van der Waals surface area contributed by atoms with Gasteiger partial charge in [-0.1, -0.05) is 19.1 Å². The van der Waals surface area contributed by atoms with Gasteiger partial charge in [0.25, 0.3) is 0 Å². The van der Waals surface area contributed by atoms with E-state index in [1.165, 1.54) is 30.6 Å². The van der Waals surface area contributed by atoms with Gasteiger partial charge >= 0.3 is 0 Å². The third kappa shape index (κ3) is 5.11. The SMILES string of the molecule is CCNC(=NCC1CCN(CC)C1)NCCc1ccc2c(c1)CCO2. The van der Waals surface area contributed by atoms with Crippen LogP contribution in [0, 0.1) is 5.92 Å². The van der Waals surface area contributed by atoms with Gasteiger partial charge in [0.2, 0.25) is 0 Å². The zero-order valence-electron chi connectivity index (χ0n) is 15.7. The van der Waals surface area contributed by atoms with E-state index >= 15 is 0 Å². The summed E-state index contributed by atoms with van der Waals surface area (Å²) in [4.78, 5) is 7.31. The number of nitrogens with one attached hydrogen (secondary N) is 2. The molecular formula is C20H32N4O. The van der Waals surface area contributed by atoms with Crippen LogP contribution in [-0.2, 0) is 12.8 Å². The number of aliphatic imine (C=N–C) groups is 1. The maximum Gasteiger partial charge on any atom is 0.191 e. The largest absolute Gasteiger partial charge is 0.493 e. The van der Waals surface area contributed by atoms with Crippen LogP contribution in [0.5, 0.6) is 5.75 Å². The zero-order chi connectivity index (χ0) is 17.5. The lowest BCUT2D eigenvalue weighted by Gasteiger charge is -2.14. The van der Waals surface area contributed by atoms with Crippen molar-refractivity contribution in [3.05, 3.63) is 29.3 Å². The van der Waals surface area contributed by atoms with E-state index in [-0.39, 0.29) is 0 Å². The average molecular weight is 345 g/mol. The Hall–Kier alpha value is -1.75. The van der Waals surface area contributed by atoms with Gasteiger partial charge in [0.05, 0.1) is 6.61 Å². The molecular weight excluding hydrogens is 312 g/mol. The molecule has 1 aromatic rings. The van der Waals surface area contributed by atoms with Crippen molar-refractivity contribution < 1.29 is 4.74 Å². The van der Waals surface area contributed by atoms with E-state index in [1.54, 1.807) is 0 Å². The zero-order valence-corrected chi connectivity index (χ0v) is 15.7. The summed E-state index contributed by atoms with van der Waals surface area (Å²) in [7, 11) is 0. The molecule has 1 saturated heterocycles. The molecule has 1 aromatic carbocycles. The number of fused-ring (bicyclic) bond motifs is 1. The Morgan fingerprint density at radius 1 is 1.32 bits per heavy atom. The van der Waals surface area contributed by atoms with Crippen LogP contribution in [0.25, 0.3) is 0 Å². The molecule has 0 spiro atoms. The van der Waals surface area contributed by atoms with E-state index < -0.39 is 0 Å². The first-order chi connectivity index (χ1) is 12.3. The molecule has 1 fully saturated rings. The van der Waals surface area contributed by atoms with E-state index in [2.05, 4.69) is 47.6 Å². The highest BCUT2D eigenvalue weighted by Gasteiger charge is 2.20. The van der Waals surface area contributed by atoms with E-state index in [4.69, 9.17) is 9.73 Å². The Labute approximate surface area is 151 Å². The Kier molecular flexibility index (Phi) is 6.56. The fourth-order valence-electron chi connectivity index (χ4n) is 3.63. The van der Waals surface area contributed by atoms with Gasteiger partial charge < -0.3 is 20.3 Å². The normalized spacial score (nSPS) is 20.4. The molecule has 0 radical (unpaired) electrons. The van der Waals surface area contributed by atoms with Crippen LogP contribution in [0.1, 0.15) is 31.4 Å². The van der Waals surface area contributed by atoms with E-state index in [0.717, 1.165) is 57.3 Å². The minimum Gasteiger partial charge on any atom is -0.493 e. The van der Waals surface area contributed by atoms with E-state index in [0.29, 0.717) is 5.92 Å². The lowest BCUT2D eigenvalue weighted by atomic mass is 10.1. The first kappa shape index (κ1) is 18.1. The number of nitrogens with zero attached hydrogens (tertiary/aromatic N) is 2. The summed E-state index contributed by atoms with van der Waals surface area (Å²) in [5, 5.41) is 6.85. The van der Waals surface area contributed by atoms with Crippen molar-refractivity contribution in [3.8, 4) is 5.75 Å². The molecule has 5 heteroatoms. The Bertz CT molecular complexity index is 587. The predicted molar refractivity (Wildman–Crippen MR) is 104 cm³/mol. The molecule has 0 aliphatic carbocycles. The minimum absolute atomic E-state index is 0.701. The predicted octanol–water partition coefficient (Wildman–Crippen LogP) is 2.06. The van der Waals surface area contributed by atoms with Gasteiger partial charge in [-0.15, -0.1) is 0 Å². The summed E-state index contributed by atoms with van der Waals surface area (Å²) in [6, 6.07) is 6.57. The van der Waals surface area contributed by atoms with Crippen molar-refractivity contribution in [1.82, 2.24) is 15.5 Å². The quantitative estimate of drug-likeness (QED) is 0.587. The Morgan fingerprint density at radius 3 is 3.04 bits per heavy atom. The van der Waals surface area contributed by atoms with Gasteiger partial charge in [-0.25, -0.2) is 0 Å². The lowest BCUT2D eigenvalue weighted by Crippen LogP contribution is -2.38. The van der Waals surface area contributed by atoms with Crippen molar-refractivity contribution in [1.29, 1.82) is 0 Å². The average Bonchev–Trinajstić information content (AvgIpc) is 3.28. The standard InChI is InChI=1S/C20H32N4O/c1-3-21-20(23-14-17-8-11-24(4-2)15-17)22-10-7-16-5-6-19-18(13-16)9-12-25-19/h5-6,13,17H,3-4,7-12,14-15H2,1-2H3,(H2,21,22,23). The van der Waals surface area contributed by atoms with E-state index in [9.17, 15) is 0 Å². The number of ether oxygens (including phenoxy) is 1. The maximum atomic E-state index is 5.58. The number of benzene rings is 1. The molecule has 0 amide bonds. The summed E-state index contributed by atoms with van der Waals surface area (Å²) < 4.78 is 5.58.